The second-order valence-corrected chi connectivity index (χ2v) is 8.68. The van der Waals surface area contributed by atoms with Crippen LogP contribution >= 0.6 is 11.3 Å². The number of anilines is 3. The zero-order valence-corrected chi connectivity index (χ0v) is 19.0. The fraction of sp³-hybridized carbons (Fsp3) is 0.174. The van der Waals surface area contributed by atoms with Crippen molar-refractivity contribution in [3.8, 4) is 0 Å². The molecule has 1 aliphatic rings. The van der Waals surface area contributed by atoms with Gasteiger partial charge in [-0.05, 0) is 42.5 Å². The molecular formula is C23H19N5O6S. The Hall–Kier alpha value is -4.29. The molecule has 0 aliphatic carbocycles. The van der Waals surface area contributed by atoms with Gasteiger partial charge in [-0.3, -0.25) is 25.0 Å². The van der Waals surface area contributed by atoms with E-state index in [0.717, 1.165) is 4.70 Å². The number of fused-ring (bicyclic) bond motifs is 1. The fourth-order valence-corrected chi connectivity index (χ4v) is 4.61. The van der Waals surface area contributed by atoms with E-state index in [9.17, 15) is 19.7 Å². The summed E-state index contributed by atoms with van der Waals surface area (Å²) in [4.78, 5) is 42.5. The summed E-state index contributed by atoms with van der Waals surface area (Å²) in [6.45, 7) is 2.08. The maximum Gasteiger partial charge on any atom is 0.293 e. The third-order valence-electron chi connectivity index (χ3n) is 5.40. The van der Waals surface area contributed by atoms with Crippen molar-refractivity contribution in [2.24, 2.45) is 0 Å². The number of nitro groups is 1. The highest BCUT2D eigenvalue weighted by Crippen LogP contribution is 2.31. The number of nitrogens with one attached hydrogen (secondary N) is 2. The van der Waals surface area contributed by atoms with Gasteiger partial charge >= 0.3 is 0 Å². The minimum Gasteiger partial charge on any atom is -0.459 e. The molecule has 35 heavy (non-hydrogen) atoms. The van der Waals surface area contributed by atoms with Crippen molar-refractivity contribution >= 4 is 55.6 Å². The SMILES string of the molecule is O=C(Nc1ccc2nc(NC(=O)c3ccco3)sc2c1)c1ccc(N2CCOCC2)c([N+](=O)[O-])c1. The van der Waals surface area contributed by atoms with Crippen LogP contribution in [0.5, 0.6) is 0 Å². The molecule has 0 saturated carbocycles. The molecule has 12 heteroatoms. The molecule has 2 N–H and O–H groups in total. The van der Waals surface area contributed by atoms with E-state index in [0.29, 0.717) is 48.3 Å². The predicted molar refractivity (Wildman–Crippen MR) is 130 cm³/mol. The average molecular weight is 494 g/mol. The number of carbonyl (C=O) groups is 2. The van der Waals surface area contributed by atoms with E-state index in [2.05, 4.69) is 15.6 Å². The number of furan rings is 1. The van der Waals surface area contributed by atoms with Gasteiger partial charge in [0.15, 0.2) is 10.9 Å². The number of ether oxygens (including phenoxy) is 1. The first-order valence-corrected chi connectivity index (χ1v) is 11.5. The first-order valence-electron chi connectivity index (χ1n) is 10.7. The van der Waals surface area contributed by atoms with Crippen LogP contribution in [0, 0.1) is 10.1 Å². The van der Waals surface area contributed by atoms with E-state index >= 15 is 0 Å². The highest BCUT2D eigenvalue weighted by atomic mass is 32.1. The van der Waals surface area contributed by atoms with E-state index in [1.54, 1.807) is 42.5 Å². The van der Waals surface area contributed by atoms with Crippen molar-refractivity contribution in [1.29, 1.82) is 0 Å². The number of aromatic nitrogens is 1. The van der Waals surface area contributed by atoms with Gasteiger partial charge in [0.1, 0.15) is 5.69 Å². The number of nitrogens with zero attached hydrogens (tertiary/aromatic N) is 3. The molecule has 1 saturated heterocycles. The summed E-state index contributed by atoms with van der Waals surface area (Å²) in [6.07, 6.45) is 1.41. The molecule has 0 spiro atoms. The van der Waals surface area contributed by atoms with E-state index in [1.807, 2.05) is 4.90 Å². The number of rotatable bonds is 6. The molecule has 2 amide bonds. The fourth-order valence-electron chi connectivity index (χ4n) is 3.71. The molecule has 0 radical (unpaired) electrons. The Morgan fingerprint density at radius 2 is 1.89 bits per heavy atom. The number of hydrogen-bond donors (Lipinski definition) is 2. The monoisotopic (exact) mass is 493 g/mol. The van der Waals surface area contributed by atoms with Crippen LogP contribution in [0.2, 0.25) is 0 Å². The van der Waals surface area contributed by atoms with Gasteiger partial charge in [0.2, 0.25) is 0 Å². The summed E-state index contributed by atoms with van der Waals surface area (Å²) in [6, 6.07) is 12.7. The Morgan fingerprint density at radius 1 is 1.06 bits per heavy atom. The summed E-state index contributed by atoms with van der Waals surface area (Å²) in [5.74, 6) is -0.715. The van der Waals surface area contributed by atoms with Crippen LogP contribution in [0.3, 0.4) is 0 Å². The number of carbonyl (C=O) groups excluding carboxylic acids is 2. The Kier molecular flexibility index (Phi) is 6.12. The molecule has 0 bridgehead atoms. The van der Waals surface area contributed by atoms with Crippen molar-refractivity contribution in [3.63, 3.8) is 0 Å². The predicted octanol–water partition coefficient (Wildman–Crippen LogP) is 4.14. The molecule has 3 heterocycles. The highest BCUT2D eigenvalue weighted by molar-refractivity contribution is 7.22. The summed E-state index contributed by atoms with van der Waals surface area (Å²) < 4.78 is 11.1. The van der Waals surface area contributed by atoms with Gasteiger partial charge in [0.25, 0.3) is 17.5 Å². The quantitative estimate of drug-likeness (QED) is 0.302. The maximum atomic E-state index is 12.8. The second kappa shape index (κ2) is 9.52. The van der Waals surface area contributed by atoms with Crippen molar-refractivity contribution < 1.29 is 23.7 Å². The molecule has 11 nitrogen and oxygen atoms in total. The Labute approximate surface area is 202 Å². The Bertz CT molecular complexity index is 1410. The second-order valence-electron chi connectivity index (χ2n) is 7.65. The van der Waals surface area contributed by atoms with E-state index in [-0.39, 0.29) is 17.0 Å². The van der Waals surface area contributed by atoms with Crippen LogP contribution in [-0.4, -0.2) is 48.0 Å². The average Bonchev–Trinajstić information content (AvgIpc) is 3.54. The third kappa shape index (κ3) is 4.83. The molecule has 178 valence electrons. The first kappa shape index (κ1) is 22.5. The minimum atomic E-state index is -0.483. The summed E-state index contributed by atoms with van der Waals surface area (Å²) in [7, 11) is 0. The topological polar surface area (TPSA) is 140 Å². The Balaban J connectivity index is 1.33. The zero-order chi connectivity index (χ0) is 24.4. The molecule has 0 atom stereocenters. The van der Waals surface area contributed by atoms with Crippen LogP contribution in [0.4, 0.5) is 22.2 Å². The third-order valence-corrected chi connectivity index (χ3v) is 6.33. The van der Waals surface area contributed by atoms with Gasteiger partial charge in [-0.2, -0.15) is 0 Å². The zero-order valence-electron chi connectivity index (χ0n) is 18.2. The highest BCUT2D eigenvalue weighted by Gasteiger charge is 2.23. The molecule has 2 aromatic heterocycles. The summed E-state index contributed by atoms with van der Waals surface area (Å²) in [5, 5.41) is 17.5. The van der Waals surface area contributed by atoms with Crippen LogP contribution in [0.15, 0.2) is 59.2 Å². The van der Waals surface area contributed by atoms with Crippen LogP contribution in [0.1, 0.15) is 20.9 Å². The number of amides is 2. The normalized spacial score (nSPS) is 13.5. The molecule has 0 unspecified atom stereocenters. The number of hydrogen-bond acceptors (Lipinski definition) is 9. The van der Waals surface area contributed by atoms with Gasteiger partial charge in [-0.15, -0.1) is 0 Å². The van der Waals surface area contributed by atoms with Crippen LogP contribution in [0.25, 0.3) is 10.2 Å². The van der Waals surface area contributed by atoms with Gasteiger partial charge in [-0.25, -0.2) is 4.98 Å². The maximum absolute atomic E-state index is 12.8. The van der Waals surface area contributed by atoms with Gasteiger partial charge < -0.3 is 19.4 Å². The van der Waals surface area contributed by atoms with Crippen molar-refractivity contribution in [3.05, 3.63) is 76.2 Å². The standard InChI is InChI=1S/C23H19N5O6S/c29-21(14-3-6-17(18(12-14)28(31)32)27-7-10-33-11-8-27)24-15-4-5-16-20(13-15)35-23(25-16)26-22(30)19-2-1-9-34-19/h1-6,9,12-13H,7-8,10-11H2,(H,24,29)(H,25,26,30). The molecule has 1 fully saturated rings. The Morgan fingerprint density at radius 3 is 2.63 bits per heavy atom. The van der Waals surface area contributed by atoms with Gasteiger partial charge in [-0.1, -0.05) is 11.3 Å². The lowest BCUT2D eigenvalue weighted by Crippen LogP contribution is -2.36. The number of benzene rings is 2. The number of morpholine rings is 1. The lowest BCUT2D eigenvalue weighted by Gasteiger charge is -2.28. The van der Waals surface area contributed by atoms with E-state index in [4.69, 9.17) is 9.15 Å². The van der Waals surface area contributed by atoms with Gasteiger partial charge in [0, 0.05) is 30.4 Å². The van der Waals surface area contributed by atoms with Crippen molar-refractivity contribution in [2.75, 3.05) is 41.8 Å². The summed E-state index contributed by atoms with van der Waals surface area (Å²) >= 11 is 1.24. The lowest BCUT2D eigenvalue weighted by molar-refractivity contribution is -0.384. The molecular weight excluding hydrogens is 474 g/mol. The van der Waals surface area contributed by atoms with Crippen LogP contribution < -0.4 is 15.5 Å². The van der Waals surface area contributed by atoms with Crippen molar-refractivity contribution in [2.45, 2.75) is 0 Å². The molecule has 1 aliphatic heterocycles. The minimum absolute atomic E-state index is 0.130. The lowest BCUT2D eigenvalue weighted by atomic mass is 10.1. The molecule has 5 rings (SSSR count). The number of nitro benzene ring substituents is 1. The van der Waals surface area contributed by atoms with E-state index < -0.39 is 16.7 Å². The van der Waals surface area contributed by atoms with E-state index in [1.165, 1.54) is 23.7 Å². The van der Waals surface area contributed by atoms with Crippen molar-refractivity contribution in [1.82, 2.24) is 4.98 Å². The smallest absolute Gasteiger partial charge is 0.293 e. The summed E-state index contributed by atoms with van der Waals surface area (Å²) in [5.41, 5.74) is 1.65. The first-order chi connectivity index (χ1) is 17.0. The van der Waals surface area contributed by atoms with Gasteiger partial charge in [0.05, 0.1) is 34.6 Å². The van der Waals surface area contributed by atoms with Crippen LogP contribution in [-0.2, 0) is 4.74 Å². The largest absolute Gasteiger partial charge is 0.459 e. The molecule has 4 aromatic rings. The number of thiazole rings is 1. The molecule has 2 aromatic carbocycles.